The predicted molar refractivity (Wildman–Crippen MR) is 144 cm³/mol. The summed E-state index contributed by atoms with van der Waals surface area (Å²) in [5.41, 5.74) is 4.25. The minimum Gasteiger partial charge on any atom is -0.485 e. The first kappa shape index (κ1) is 28.9. The van der Waals surface area contributed by atoms with Crippen LogP contribution in [0.2, 0.25) is 0 Å². The third-order valence-electron chi connectivity index (χ3n) is 8.00. The number of pyridine rings is 1. The molecule has 1 N–H and O–H groups in total. The summed E-state index contributed by atoms with van der Waals surface area (Å²) in [4.78, 5) is 17.0. The van der Waals surface area contributed by atoms with E-state index < -0.39 is 29.8 Å². The minimum absolute atomic E-state index is 0.0291. The van der Waals surface area contributed by atoms with Gasteiger partial charge in [-0.1, -0.05) is 37.3 Å². The van der Waals surface area contributed by atoms with Gasteiger partial charge in [0.25, 0.3) is 0 Å². The number of benzene rings is 2. The number of halogens is 4. The van der Waals surface area contributed by atoms with E-state index in [1.165, 1.54) is 13.2 Å². The minimum atomic E-state index is -4.26. The molecule has 0 amide bonds. The zero-order chi connectivity index (χ0) is 29.3. The smallest absolute Gasteiger partial charge is 0.393 e. The van der Waals surface area contributed by atoms with E-state index in [9.17, 15) is 27.5 Å². The number of carboxylic acid groups (broad SMARTS) is 1. The van der Waals surface area contributed by atoms with E-state index in [1.807, 2.05) is 30.3 Å². The number of aryl methyl sites for hydroxylation is 1. The number of aliphatic carboxylic acids is 1. The molecule has 2 aliphatic rings. The molecule has 218 valence electrons. The van der Waals surface area contributed by atoms with Gasteiger partial charge in [0.15, 0.2) is 0 Å². The van der Waals surface area contributed by atoms with Gasteiger partial charge in [-0.3, -0.25) is 9.69 Å². The Kier molecular flexibility index (Phi) is 8.22. The molecule has 0 saturated carbocycles. The number of methoxy groups -OCH3 is 1. The fourth-order valence-corrected chi connectivity index (χ4v) is 5.65. The number of fused-ring (bicyclic) bond motifs is 1. The van der Waals surface area contributed by atoms with Gasteiger partial charge in [0.1, 0.15) is 17.7 Å². The lowest BCUT2D eigenvalue weighted by molar-refractivity contribution is -0.170. The van der Waals surface area contributed by atoms with Gasteiger partial charge in [0, 0.05) is 24.7 Å². The monoisotopic (exact) mass is 572 g/mol. The maximum absolute atomic E-state index is 15.0. The number of nitrogens with zero attached hydrogens (tertiary/aromatic N) is 2. The number of rotatable bonds is 8. The van der Waals surface area contributed by atoms with E-state index in [1.54, 1.807) is 17.9 Å². The summed E-state index contributed by atoms with van der Waals surface area (Å²) in [5.74, 6) is -2.41. The van der Waals surface area contributed by atoms with Crippen molar-refractivity contribution in [2.24, 2.45) is 11.8 Å². The van der Waals surface area contributed by atoms with E-state index in [2.05, 4.69) is 4.98 Å². The number of hydrogen-bond donors (Lipinski definition) is 1. The molecule has 2 unspecified atom stereocenters. The Hall–Kier alpha value is -3.66. The fourth-order valence-electron chi connectivity index (χ4n) is 5.65. The number of carbonyl (C=O) groups is 1. The molecule has 10 heteroatoms. The van der Waals surface area contributed by atoms with Crippen LogP contribution in [-0.4, -0.2) is 47.3 Å². The quantitative estimate of drug-likeness (QED) is 0.307. The highest BCUT2D eigenvalue weighted by Gasteiger charge is 2.43. The Labute approximate surface area is 235 Å². The molecule has 3 heterocycles. The zero-order valence-corrected chi connectivity index (χ0v) is 22.9. The van der Waals surface area contributed by atoms with Gasteiger partial charge in [-0.25, -0.2) is 9.37 Å². The second-order valence-electron chi connectivity index (χ2n) is 10.9. The Morgan fingerprint density at radius 1 is 1.17 bits per heavy atom. The molecule has 2 aromatic carbocycles. The Balaban J connectivity index is 1.45. The van der Waals surface area contributed by atoms with Crippen molar-refractivity contribution >= 4 is 5.97 Å². The average molecular weight is 573 g/mol. The van der Waals surface area contributed by atoms with Crippen LogP contribution in [0.3, 0.4) is 0 Å². The molecular weight excluding hydrogens is 540 g/mol. The van der Waals surface area contributed by atoms with Crippen LogP contribution in [0.25, 0.3) is 11.1 Å². The summed E-state index contributed by atoms with van der Waals surface area (Å²) in [7, 11) is 1.43. The van der Waals surface area contributed by atoms with Gasteiger partial charge in [-0.15, -0.1) is 0 Å². The van der Waals surface area contributed by atoms with Crippen LogP contribution in [0.5, 0.6) is 11.6 Å². The van der Waals surface area contributed by atoms with Crippen LogP contribution >= 0.6 is 0 Å². The third-order valence-corrected chi connectivity index (χ3v) is 8.00. The Morgan fingerprint density at radius 2 is 1.98 bits per heavy atom. The van der Waals surface area contributed by atoms with Gasteiger partial charge < -0.3 is 14.6 Å². The Bertz CT molecular complexity index is 1430. The number of ether oxygens (including phenoxy) is 2. The first-order chi connectivity index (χ1) is 19.5. The second kappa shape index (κ2) is 11.7. The normalized spacial score (nSPS) is 19.9. The molecule has 0 aliphatic carbocycles. The number of carboxylic acids is 1. The van der Waals surface area contributed by atoms with Crippen molar-refractivity contribution in [3.63, 3.8) is 0 Å². The molecular formula is C31H32F4N2O4. The van der Waals surface area contributed by atoms with Crippen LogP contribution in [0.4, 0.5) is 17.6 Å². The maximum atomic E-state index is 15.0. The molecule has 3 aromatic rings. The van der Waals surface area contributed by atoms with Crippen molar-refractivity contribution in [2.45, 2.75) is 51.4 Å². The van der Waals surface area contributed by atoms with Crippen molar-refractivity contribution in [3.8, 4) is 22.8 Å². The second-order valence-corrected chi connectivity index (χ2v) is 10.9. The largest absolute Gasteiger partial charge is 0.485 e. The first-order valence-corrected chi connectivity index (χ1v) is 13.6. The van der Waals surface area contributed by atoms with Gasteiger partial charge in [-0.2, -0.15) is 13.2 Å². The molecule has 3 atom stereocenters. The summed E-state index contributed by atoms with van der Waals surface area (Å²) in [6.45, 7) is 2.06. The fraction of sp³-hybridized carbons (Fsp3) is 0.419. The number of aromatic nitrogens is 1. The van der Waals surface area contributed by atoms with E-state index >= 15 is 0 Å². The van der Waals surface area contributed by atoms with Gasteiger partial charge in [0.05, 0.1) is 25.1 Å². The first-order valence-electron chi connectivity index (χ1n) is 13.6. The molecule has 0 spiro atoms. The van der Waals surface area contributed by atoms with Crippen molar-refractivity contribution < 1.29 is 36.9 Å². The summed E-state index contributed by atoms with van der Waals surface area (Å²) < 4.78 is 66.7. The summed E-state index contributed by atoms with van der Waals surface area (Å²) in [6, 6.07) is 12.8. The van der Waals surface area contributed by atoms with Crippen molar-refractivity contribution in [3.05, 3.63) is 76.7 Å². The maximum Gasteiger partial charge on any atom is 0.393 e. The van der Waals surface area contributed by atoms with Crippen LogP contribution in [-0.2, 0) is 24.2 Å². The van der Waals surface area contributed by atoms with Crippen molar-refractivity contribution in [1.29, 1.82) is 0 Å². The van der Waals surface area contributed by atoms with E-state index in [-0.39, 0.29) is 37.1 Å². The highest BCUT2D eigenvalue weighted by molar-refractivity contribution is 5.70. The zero-order valence-electron chi connectivity index (χ0n) is 22.9. The molecule has 0 radical (unpaired) electrons. The lowest BCUT2D eigenvalue weighted by atomic mass is 9.91. The van der Waals surface area contributed by atoms with Gasteiger partial charge in [0.2, 0.25) is 5.88 Å². The predicted octanol–water partition coefficient (Wildman–Crippen LogP) is 6.61. The van der Waals surface area contributed by atoms with Crippen LogP contribution < -0.4 is 9.47 Å². The summed E-state index contributed by atoms with van der Waals surface area (Å²) in [6.07, 6.45) is -1.65. The molecule has 6 nitrogen and oxygen atoms in total. The van der Waals surface area contributed by atoms with Crippen LogP contribution in [0, 0.1) is 17.7 Å². The highest BCUT2D eigenvalue weighted by Crippen LogP contribution is 2.39. The number of hydrogen-bond acceptors (Lipinski definition) is 5. The molecule has 1 saturated heterocycles. The van der Waals surface area contributed by atoms with E-state index in [0.29, 0.717) is 36.3 Å². The summed E-state index contributed by atoms with van der Waals surface area (Å²) in [5, 5.41) is 9.28. The molecule has 1 aromatic heterocycles. The van der Waals surface area contributed by atoms with Crippen molar-refractivity contribution in [2.75, 3.05) is 20.2 Å². The average Bonchev–Trinajstić information content (AvgIpc) is 3.42. The highest BCUT2D eigenvalue weighted by atomic mass is 19.4. The summed E-state index contributed by atoms with van der Waals surface area (Å²) >= 11 is 0. The lowest BCUT2D eigenvalue weighted by Crippen LogP contribution is -2.27. The Morgan fingerprint density at radius 3 is 2.68 bits per heavy atom. The molecule has 5 rings (SSSR count). The van der Waals surface area contributed by atoms with Crippen molar-refractivity contribution in [1.82, 2.24) is 9.88 Å². The standard InChI is InChI=1S/C31H32F4N2O4/c1-18(30(38)39)11-19-3-4-20-6-8-27(41-28(20)12-19)21-5-7-24(25-14-29(40-2)36-15-26(25)32)22(13-21)16-37-10-9-23(17-37)31(33,34)35/h3-5,7,12-15,18,23,27H,6,8-11,16-17H2,1-2H3,(H,38,39)/t18-,23?,27?/m0/s1. The van der Waals surface area contributed by atoms with Crippen LogP contribution in [0.1, 0.15) is 48.1 Å². The molecule has 2 aliphatic heterocycles. The molecule has 1 fully saturated rings. The van der Waals surface area contributed by atoms with Gasteiger partial charge in [-0.05, 0) is 66.1 Å². The van der Waals surface area contributed by atoms with Gasteiger partial charge >= 0.3 is 12.1 Å². The topological polar surface area (TPSA) is 71.9 Å². The van der Waals surface area contributed by atoms with E-state index in [4.69, 9.17) is 9.47 Å². The third kappa shape index (κ3) is 6.48. The lowest BCUT2D eigenvalue weighted by Gasteiger charge is -2.28. The van der Waals surface area contributed by atoms with Crippen LogP contribution in [0.15, 0.2) is 48.7 Å². The SMILES string of the molecule is COc1cc(-c2ccc(C3CCc4ccc(C[C@H](C)C(=O)O)cc4O3)cc2CN2CCC(C(F)(F)F)C2)c(F)cn1. The molecule has 41 heavy (non-hydrogen) atoms. The van der Waals surface area contributed by atoms with E-state index in [0.717, 1.165) is 29.3 Å². The molecule has 0 bridgehead atoms. The number of alkyl halides is 3. The number of likely N-dealkylation sites (tertiary alicyclic amines) is 1.